The number of hydrogen-bond donors (Lipinski definition) is 1. The van der Waals surface area contributed by atoms with Gasteiger partial charge >= 0.3 is 0 Å². The van der Waals surface area contributed by atoms with Crippen LogP contribution in [0.5, 0.6) is 0 Å². The molecular weight excluding hydrogens is 293 g/mol. The van der Waals surface area contributed by atoms with E-state index in [0.29, 0.717) is 5.56 Å². The van der Waals surface area contributed by atoms with Crippen LogP contribution in [-0.4, -0.2) is 16.8 Å². The normalized spacial score (nSPS) is 18.6. The molecule has 0 radical (unpaired) electrons. The third-order valence-electron chi connectivity index (χ3n) is 3.06. The summed E-state index contributed by atoms with van der Waals surface area (Å²) in [6.45, 7) is 0. The molecule has 88 valence electrons. The smallest absolute Gasteiger partial charge is 0.256 e. The van der Waals surface area contributed by atoms with E-state index in [0.717, 1.165) is 31.0 Å². The van der Waals surface area contributed by atoms with E-state index in [9.17, 15) is 4.79 Å². The van der Waals surface area contributed by atoms with Crippen molar-refractivity contribution in [2.45, 2.75) is 31.2 Å². The van der Waals surface area contributed by atoms with Crippen LogP contribution in [0, 0.1) is 0 Å². The van der Waals surface area contributed by atoms with Crippen LogP contribution in [-0.2, 0) is 0 Å². The maximum atomic E-state index is 12.0. The third-order valence-corrected chi connectivity index (χ3v) is 4.42. The van der Waals surface area contributed by atoms with Gasteiger partial charge in [0.05, 0.1) is 17.4 Å². The molecule has 5 heteroatoms. The largest absolute Gasteiger partial charge is 0.452 e. The van der Waals surface area contributed by atoms with Crippen molar-refractivity contribution in [2.24, 2.45) is 0 Å². The van der Waals surface area contributed by atoms with Crippen LogP contribution < -0.4 is 5.32 Å². The fraction of sp³-hybridized carbons (Fsp3) is 0.545. The van der Waals surface area contributed by atoms with Gasteiger partial charge in [0.2, 0.25) is 5.22 Å². The average molecular weight is 307 g/mol. The van der Waals surface area contributed by atoms with Gasteiger partial charge in [0, 0.05) is 5.33 Å². The Bertz CT molecular complexity index is 385. The molecule has 3 nitrogen and oxygen atoms in total. The SMILES string of the molecule is O=C(NC1(CBr)CCCC1)c1ccoc1Cl. The first kappa shape index (κ1) is 12.0. The van der Waals surface area contributed by atoms with Crippen molar-refractivity contribution < 1.29 is 9.21 Å². The van der Waals surface area contributed by atoms with Gasteiger partial charge in [0.15, 0.2) is 0 Å². The summed E-state index contributed by atoms with van der Waals surface area (Å²) in [5, 5.41) is 3.99. The van der Waals surface area contributed by atoms with Gasteiger partial charge in [-0.25, -0.2) is 0 Å². The summed E-state index contributed by atoms with van der Waals surface area (Å²) in [5.41, 5.74) is 0.298. The first-order valence-electron chi connectivity index (χ1n) is 5.28. The van der Waals surface area contributed by atoms with Gasteiger partial charge in [0.25, 0.3) is 5.91 Å². The zero-order chi connectivity index (χ0) is 11.6. The molecule has 0 saturated heterocycles. The average Bonchev–Trinajstić information content (AvgIpc) is 2.87. The molecule has 1 N–H and O–H groups in total. The lowest BCUT2D eigenvalue weighted by Crippen LogP contribution is -2.47. The van der Waals surface area contributed by atoms with E-state index < -0.39 is 0 Å². The van der Waals surface area contributed by atoms with E-state index in [-0.39, 0.29) is 16.7 Å². The number of halogens is 2. The van der Waals surface area contributed by atoms with Gasteiger partial charge in [-0.1, -0.05) is 28.8 Å². The van der Waals surface area contributed by atoms with Crippen LogP contribution in [0.4, 0.5) is 0 Å². The maximum absolute atomic E-state index is 12.0. The summed E-state index contributed by atoms with van der Waals surface area (Å²) in [7, 11) is 0. The van der Waals surface area contributed by atoms with Crippen molar-refractivity contribution in [1.82, 2.24) is 5.32 Å². The highest BCUT2D eigenvalue weighted by Crippen LogP contribution is 2.32. The Morgan fingerprint density at radius 1 is 1.56 bits per heavy atom. The highest BCUT2D eigenvalue weighted by atomic mass is 79.9. The zero-order valence-corrected chi connectivity index (χ0v) is 11.1. The summed E-state index contributed by atoms with van der Waals surface area (Å²) in [4.78, 5) is 12.0. The summed E-state index contributed by atoms with van der Waals surface area (Å²) in [6.07, 6.45) is 5.77. The van der Waals surface area contributed by atoms with Gasteiger partial charge in [-0.15, -0.1) is 0 Å². The molecular formula is C11H13BrClNO2. The number of nitrogens with one attached hydrogen (secondary N) is 1. The molecule has 0 unspecified atom stereocenters. The van der Waals surface area contributed by atoms with Gasteiger partial charge in [0.1, 0.15) is 0 Å². The molecule has 16 heavy (non-hydrogen) atoms. The van der Waals surface area contributed by atoms with Gasteiger partial charge in [-0.05, 0) is 30.5 Å². The standard InChI is InChI=1S/C11H13BrClNO2/c12-7-11(4-1-2-5-11)14-10(15)8-3-6-16-9(8)13/h3,6H,1-2,4-5,7H2,(H,14,15). The van der Waals surface area contributed by atoms with E-state index in [1.54, 1.807) is 6.07 Å². The predicted octanol–water partition coefficient (Wildman–Crippen LogP) is 3.37. The molecule has 1 aromatic rings. The van der Waals surface area contributed by atoms with Crippen molar-refractivity contribution in [3.63, 3.8) is 0 Å². The van der Waals surface area contributed by atoms with E-state index >= 15 is 0 Å². The second-order valence-corrected chi connectivity index (χ2v) is 5.09. The summed E-state index contributed by atoms with van der Waals surface area (Å²) < 4.78 is 4.91. The zero-order valence-electron chi connectivity index (χ0n) is 8.76. The molecule has 0 aliphatic heterocycles. The molecule has 1 aromatic heterocycles. The summed E-state index contributed by atoms with van der Waals surface area (Å²) >= 11 is 9.24. The van der Waals surface area contributed by atoms with Crippen LogP contribution in [0.15, 0.2) is 16.7 Å². The number of alkyl halides is 1. The minimum atomic E-state index is -0.153. The minimum absolute atomic E-state index is 0.113. The lowest BCUT2D eigenvalue weighted by molar-refractivity contribution is 0.0910. The molecule has 0 bridgehead atoms. The lowest BCUT2D eigenvalue weighted by Gasteiger charge is -2.27. The number of hydrogen-bond acceptors (Lipinski definition) is 2. The van der Waals surface area contributed by atoms with Crippen molar-refractivity contribution in [3.8, 4) is 0 Å². The molecule has 1 aliphatic carbocycles. The fourth-order valence-electron chi connectivity index (χ4n) is 2.11. The predicted molar refractivity (Wildman–Crippen MR) is 66.2 cm³/mol. The van der Waals surface area contributed by atoms with Gasteiger partial charge in [-0.2, -0.15) is 0 Å². The van der Waals surface area contributed by atoms with Crippen LogP contribution in [0.25, 0.3) is 0 Å². The Hall–Kier alpha value is -0.480. The maximum Gasteiger partial charge on any atom is 0.256 e. The lowest BCUT2D eigenvalue weighted by atomic mass is 10.0. The molecule has 1 aliphatic rings. The van der Waals surface area contributed by atoms with Crippen molar-refractivity contribution >= 4 is 33.4 Å². The van der Waals surface area contributed by atoms with Crippen molar-refractivity contribution in [2.75, 3.05) is 5.33 Å². The summed E-state index contributed by atoms with van der Waals surface area (Å²) in [5.74, 6) is -0.153. The Morgan fingerprint density at radius 2 is 2.25 bits per heavy atom. The number of amides is 1. The Labute approximate surface area is 108 Å². The molecule has 0 spiro atoms. The first-order valence-corrected chi connectivity index (χ1v) is 6.78. The highest BCUT2D eigenvalue weighted by Gasteiger charge is 2.35. The number of carbonyl (C=O) groups is 1. The second kappa shape index (κ2) is 4.80. The monoisotopic (exact) mass is 305 g/mol. The first-order chi connectivity index (χ1) is 7.67. The van der Waals surface area contributed by atoms with E-state index in [4.69, 9.17) is 16.0 Å². The van der Waals surface area contributed by atoms with E-state index in [2.05, 4.69) is 21.2 Å². The number of carbonyl (C=O) groups excluding carboxylic acids is 1. The van der Waals surface area contributed by atoms with Crippen LogP contribution in [0.3, 0.4) is 0 Å². The Morgan fingerprint density at radius 3 is 2.75 bits per heavy atom. The van der Waals surface area contributed by atoms with Gasteiger partial charge in [-0.3, -0.25) is 4.79 Å². The van der Waals surface area contributed by atoms with Crippen molar-refractivity contribution in [1.29, 1.82) is 0 Å². The molecule has 1 saturated carbocycles. The van der Waals surface area contributed by atoms with E-state index in [1.807, 2.05) is 0 Å². The van der Waals surface area contributed by atoms with Gasteiger partial charge < -0.3 is 9.73 Å². The topological polar surface area (TPSA) is 42.2 Å². The third kappa shape index (κ3) is 2.28. The van der Waals surface area contributed by atoms with Crippen LogP contribution >= 0.6 is 27.5 Å². The van der Waals surface area contributed by atoms with Crippen molar-refractivity contribution in [3.05, 3.63) is 23.1 Å². The minimum Gasteiger partial charge on any atom is -0.452 e. The molecule has 0 atom stereocenters. The Balaban J connectivity index is 2.09. The number of furan rings is 1. The van der Waals surface area contributed by atoms with Crippen LogP contribution in [0.2, 0.25) is 5.22 Å². The molecule has 0 aromatic carbocycles. The Kier molecular flexibility index (Phi) is 3.60. The van der Waals surface area contributed by atoms with Crippen LogP contribution in [0.1, 0.15) is 36.0 Å². The summed E-state index contributed by atoms with van der Waals surface area (Å²) in [6, 6.07) is 1.59. The number of rotatable bonds is 3. The molecule has 2 rings (SSSR count). The fourth-order valence-corrected chi connectivity index (χ4v) is 3.01. The molecule has 1 amide bonds. The molecule has 1 heterocycles. The molecule has 1 fully saturated rings. The highest BCUT2D eigenvalue weighted by molar-refractivity contribution is 9.09. The quantitative estimate of drug-likeness (QED) is 0.870. The van der Waals surface area contributed by atoms with E-state index in [1.165, 1.54) is 6.26 Å². The second-order valence-electron chi connectivity index (χ2n) is 4.18.